The summed E-state index contributed by atoms with van der Waals surface area (Å²) < 4.78 is 12.3. The molecule has 0 aliphatic rings. The molecule has 0 fully saturated rings. The largest absolute Gasteiger partial charge is 0.493 e. The van der Waals surface area contributed by atoms with Gasteiger partial charge in [0.15, 0.2) is 11.5 Å². The van der Waals surface area contributed by atoms with E-state index in [1.165, 1.54) is 0 Å². The molecule has 0 saturated heterocycles. The Bertz CT molecular complexity index is 566. The molecule has 1 aromatic heterocycles. The fourth-order valence-corrected chi connectivity index (χ4v) is 2.17. The fourth-order valence-electron chi connectivity index (χ4n) is 2.17. The molecule has 1 atom stereocenters. The number of aromatic nitrogens is 2. The number of benzene rings is 1. The van der Waals surface area contributed by atoms with Crippen molar-refractivity contribution in [3.63, 3.8) is 0 Å². The van der Waals surface area contributed by atoms with Gasteiger partial charge in [0.25, 0.3) is 0 Å². The Morgan fingerprint density at radius 1 is 1.20 bits per heavy atom. The van der Waals surface area contributed by atoms with Crippen LogP contribution in [0.3, 0.4) is 0 Å². The Labute approximate surface area is 118 Å². The van der Waals surface area contributed by atoms with Crippen LogP contribution in [0.15, 0.2) is 30.5 Å². The van der Waals surface area contributed by atoms with Crippen molar-refractivity contribution in [2.24, 2.45) is 0 Å². The molecule has 0 spiro atoms. The molecule has 0 saturated carbocycles. The zero-order chi connectivity index (χ0) is 14.5. The molecule has 2 aromatic rings. The van der Waals surface area contributed by atoms with Gasteiger partial charge in [-0.1, -0.05) is 13.0 Å². The highest BCUT2D eigenvalue weighted by Crippen LogP contribution is 2.32. The number of aliphatic hydroxyl groups is 1. The van der Waals surface area contributed by atoms with Crippen LogP contribution >= 0.6 is 0 Å². The van der Waals surface area contributed by atoms with Crippen LogP contribution in [0.4, 0.5) is 0 Å². The molecule has 1 heterocycles. The number of hydrogen-bond acceptors (Lipinski definition) is 4. The Morgan fingerprint density at radius 3 is 2.60 bits per heavy atom. The second-order valence-electron chi connectivity index (χ2n) is 4.50. The molecular formula is C15H20N2O3. The molecule has 5 heteroatoms. The molecule has 108 valence electrons. The highest BCUT2D eigenvalue weighted by Gasteiger charge is 2.17. The van der Waals surface area contributed by atoms with E-state index in [0.29, 0.717) is 11.5 Å². The van der Waals surface area contributed by atoms with Crippen LogP contribution in [0.1, 0.15) is 30.7 Å². The second-order valence-corrected chi connectivity index (χ2v) is 4.50. The summed E-state index contributed by atoms with van der Waals surface area (Å²) in [7, 11) is 3.17. The molecule has 1 N–H and O–H groups in total. The number of ether oxygens (including phenoxy) is 2. The van der Waals surface area contributed by atoms with Gasteiger partial charge in [-0.3, -0.25) is 4.68 Å². The molecule has 0 amide bonds. The quantitative estimate of drug-likeness (QED) is 0.880. The summed E-state index contributed by atoms with van der Waals surface area (Å²) in [5.74, 6) is 1.25. The third-order valence-corrected chi connectivity index (χ3v) is 3.19. The smallest absolute Gasteiger partial charge is 0.161 e. The maximum Gasteiger partial charge on any atom is 0.161 e. The van der Waals surface area contributed by atoms with E-state index in [2.05, 4.69) is 12.0 Å². The number of nitrogens with zero attached hydrogens (tertiary/aromatic N) is 2. The first kappa shape index (κ1) is 14.4. The molecule has 5 nitrogen and oxygen atoms in total. The van der Waals surface area contributed by atoms with Crippen molar-refractivity contribution in [1.82, 2.24) is 9.78 Å². The Kier molecular flexibility index (Phi) is 4.63. The first-order valence-electron chi connectivity index (χ1n) is 6.63. The van der Waals surface area contributed by atoms with Gasteiger partial charge in [0.05, 0.1) is 19.9 Å². The number of aryl methyl sites for hydroxylation is 1. The van der Waals surface area contributed by atoms with Gasteiger partial charge in [0.2, 0.25) is 0 Å². The van der Waals surface area contributed by atoms with Gasteiger partial charge in [-0.25, -0.2) is 0 Å². The van der Waals surface area contributed by atoms with E-state index in [1.807, 2.05) is 16.8 Å². The van der Waals surface area contributed by atoms with E-state index in [4.69, 9.17) is 9.47 Å². The Hall–Kier alpha value is -2.01. The van der Waals surface area contributed by atoms with Crippen molar-refractivity contribution in [2.45, 2.75) is 26.0 Å². The van der Waals surface area contributed by atoms with Crippen LogP contribution in [-0.2, 0) is 6.54 Å². The minimum absolute atomic E-state index is 0.602. The van der Waals surface area contributed by atoms with Crippen molar-refractivity contribution in [3.8, 4) is 11.5 Å². The number of aliphatic hydroxyl groups excluding tert-OH is 1. The van der Waals surface area contributed by atoms with E-state index < -0.39 is 6.10 Å². The van der Waals surface area contributed by atoms with E-state index >= 15 is 0 Å². The zero-order valence-electron chi connectivity index (χ0n) is 12.0. The van der Waals surface area contributed by atoms with Crippen LogP contribution in [-0.4, -0.2) is 29.1 Å². The Balaban J connectivity index is 2.32. The molecule has 1 unspecified atom stereocenters. The van der Waals surface area contributed by atoms with Crippen LogP contribution in [0.25, 0.3) is 0 Å². The highest BCUT2D eigenvalue weighted by atomic mass is 16.5. The number of hydrogen-bond donors (Lipinski definition) is 1. The molecule has 2 rings (SSSR count). The molecule has 20 heavy (non-hydrogen) atoms. The highest BCUT2D eigenvalue weighted by molar-refractivity contribution is 5.44. The lowest BCUT2D eigenvalue weighted by atomic mass is 10.1. The maximum atomic E-state index is 10.5. The first-order valence-corrected chi connectivity index (χ1v) is 6.63. The minimum Gasteiger partial charge on any atom is -0.493 e. The summed E-state index contributed by atoms with van der Waals surface area (Å²) >= 11 is 0. The van der Waals surface area contributed by atoms with Crippen molar-refractivity contribution >= 4 is 0 Å². The van der Waals surface area contributed by atoms with Gasteiger partial charge < -0.3 is 14.6 Å². The van der Waals surface area contributed by atoms with Gasteiger partial charge in [0, 0.05) is 12.7 Å². The molecule has 0 radical (unpaired) electrons. The predicted molar refractivity (Wildman–Crippen MR) is 76.1 cm³/mol. The minimum atomic E-state index is -0.733. The summed E-state index contributed by atoms with van der Waals surface area (Å²) in [4.78, 5) is 0. The lowest BCUT2D eigenvalue weighted by Crippen LogP contribution is -2.10. The lowest BCUT2D eigenvalue weighted by molar-refractivity contribution is 0.206. The van der Waals surface area contributed by atoms with Crippen molar-refractivity contribution in [2.75, 3.05) is 14.2 Å². The summed E-state index contributed by atoms with van der Waals surface area (Å²) in [5, 5.41) is 14.7. The first-order chi connectivity index (χ1) is 9.71. The number of methoxy groups -OCH3 is 2. The average molecular weight is 276 g/mol. The van der Waals surface area contributed by atoms with Gasteiger partial charge in [-0.2, -0.15) is 5.10 Å². The van der Waals surface area contributed by atoms with Crippen LogP contribution < -0.4 is 9.47 Å². The van der Waals surface area contributed by atoms with Crippen LogP contribution in [0.5, 0.6) is 11.5 Å². The lowest BCUT2D eigenvalue weighted by Gasteiger charge is -2.15. The zero-order valence-corrected chi connectivity index (χ0v) is 12.0. The Morgan fingerprint density at radius 2 is 1.95 bits per heavy atom. The predicted octanol–water partition coefficient (Wildman–Crippen LogP) is 2.39. The van der Waals surface area contributed by atoms with E-state index in [0.717, 1.165) is 24.2 Å². The molecule has 0 bridgehead atoms. The fraction of sp³-hybridized carbons (Fsp3) is 0.400. The standard InChI is InChI=1S/C15H20N2O3/c1-4-9-17-12(7-8-16-17)15(18)11-5-6-13(19-2)14(10-11)20-3/h5-8,10,15,18H,4,9H2,1-3H3. The van der Waals surface area contributed by atoms with Gasteiger partial charge >= 0.3 is 0 Å². The molecule has 0 aliphatic heterocycles. The second kappa shape index (κ2) is 6.43. The summed E-state index contributed by atoms with van der Waals surface area (Å²) in [5.41, 5.74) is 1.53. The molecular weight excluding hydrogens is 256 g/mol. The van der Waals surface area contributed by atoms with E-state index in [1.54, 1.807) is 32.5 Å². The van der Waals surface area contributed by atoms with Crippen molar-refractivity contribution < 1.29 is 14.6 Å². The van der Waals surface area contributed by atoms with E-state index in [-0.39, 0.29) is 0 Å². The molecule has 0 aliphatic carbocycles. The third kappa shape index (κ3) is 2.77. The number of rotatable bonds is 6. The van der Waals surface area contributed by atoms with Crippen molar-refractivity contribution in [3.05, 3.63) is 41.7 Å². The van der Waals surface area contributed by atoms with Gasteiger partial charge in [-0.15, -0.1) is 0 Å². The topological polar surface area (TPSA) is 56.5 Å². The summed E-state index contributed by atoms with van der Waals surface area (Å²) in [6, 6.07) is 7.23. The van der Waals surface area contributed by atoms with Gasteiger partial charge in [0.1, 0.15) is 6.10 Å². The van der Waals surface area contributed by atoms with Crippen LogP contribution in [0.2, 0.25) is 0 Å². The summed E-state index contributed by atoms with van der Waals surface area (Å²) in [6.07, 6.45) is 1.94. The maximum absolute atomic E-state index is 10.5. The monoisotopic (exact) mass is 276 g/mol. The van der Waals surface area contributed by atoms with Crippen LogP contribution in [0, 0.1) is 0 Å². The molecule has 1 aromatic carbocycles. The van der Waals surface area contributed by atoms with E-state index in [9.17, 15) is 5.11 Å². The average Bonchev–Trinajstić information content (AvgIpc) is 2.94. The van der Waals surface area contributed by atoms with Crippen molar-refractivity contribution in [1.29, 1.82) is 0 Å². The third-order valence-electron chi connectivity index (χ3n) is 3.19. The normalized spacial score (nSPS) is 12.2. The summed E-state index contributed by atoms with van der Waals surface area (Å²) in [6.45, 7) is 2.86. The van der Waals surface area contributed by atoms with Gasteiger partial charge in [-0.05, 0) is 30.2 Å². The SMILES string of the molecule is CCCn1nccc1C(O)c1ccc(OC)c(OC)c1.